The molecule has 0 aromatic carbocycles. The molecule has 0 aliphatic carbocycles. The lowest BCUT2D eigenvalue weighted by Crippen LogP contribution is -2.30. The number of hydrogen-bond acceptors (Lipinski definition) is 6. The molecule has 0 aromatic rings. The topological polar surface area (TPSA) is 78.9 Å². The Labute approximate surface area is 512 Å². The van der Waals surface area contributed by atoms with Gasteiger partial charge in [0.05, 0.1) is 0 Å². The first-order valence-corrected chi connectivity index (χ1v) is 37.0. The number of ether oxygens (including phenoxy) is 3. The first-order chi connectivity index (χ1) is 40.5. The third-order valence-corrected chi connectivity index (χ3v) is 16.9. The molecule has 0 saturated carbocycles. The number of hydrogen-bond donors (Lipinski definition) is 0. The zero-order valence-electron chi connectivity index (χ0n) is 55.5. The van der Waals surface area contributed by atoms with Crippen LogP contribution >= 0.6 is 0 Å². The fourth-order valence-corrected chi connectivity index (χ4v) is 11.3. The number of rotatable bonds is 69. The number of allylic oxidation sites excluding steroid dienone is 6. The Morgan fingerprint density at radius 3 is 0.683 bits per heavy atom. The van der Waals surface area contributed by atoms with Gasteiger partial charge >= 0.3 is 17.9 Å². The molecule has 0 aliphatic heterocycles. The lowest BCUT2D eigenvalue weighted by Gasteiger charge is -2.18. The van der Waals surface area contributed by atoms with Gasteiger partial charge in [-0.1, -0.05) is 353 Å². The van der Waals surface area contributed by atoms with E-state index in [1.807, 2.05) is 0 Å². The Kier molecular flexibility index (Phi) is 69.1. The summed E-state index contributed by atoms with van der Waals surface area (Å²) < 4.78 is 17.0. The monoisotopic (exact) mass is 1150 g/mol. The van der Waals surface area contributed by atoms with Crippen molar-refractivity contribution in [2.45, 2.75) is 419 Å². The van der Waals surface area contributed by atoms with Gasteiger partial charge in [0, 0.05) is 19.3 Å². The van der Waals surface area contributed by atoms with Crippen LogP contribution in [0.5, 0.6) is 0 Å². The molecule has 6 nitrogen and oxygen atoms in total. The number of unbranched alkanes of at least 4 members (excludes halogenated alkanes) is 52. The molecular formula is C76H142O6. The molecule has 0 saturated heterocycles. The summed E-state index contributed by atoms with van der Waals surface area (Å²) >= 11 is 0. The molecule has 482 valence electrons. The van der Waals surface area contributed by atoms with E-state index in [9.17, 15) is 14.4 Å². The second kappa shape index (κ2) is 71.1. The molecule has 0 rings (SSSR count). The van der Waals surface area contributed by atoms with Crippen LogP contribution in [0.4, 0.5) is 0 Å². The predicted molar refractivity (Wildman–Crippen MR) is 358 cm³/mol. The molecule has 6 heteroatoms. The number of carbonyl (C=O) groups excluding carboxylic acids is 3. The third kappa shape index (κ3) is 68.4. The highest BCUT2D eigenvalue weighted by atomic mass is 16.6. The summed E-state index contributed by atoms with van der Waals surface area (Å²) in [6.45, 7) is 6.70. The highest BCUT2D eigenvalue weighted by Gasteiger charge is 2.19. The van der Waals surface area contributed by atoms with Gasteiger partial charge in [0.2, 0.25) is 0 Å². The van der Waals surface area contributed by atoms with Gasteiger partial charge in [0.1, 0.15) is 13.2 Å². The fraction of sp³-hybridized carbons (Fsp3) is 0.882. The zero-order valence-corrected chi connectivity index (χ0v) is 55.5. The molecule has 0 radical (unpaired) electrons. The van der Waals surface area contributed by atoms with Gasteiger partial charge in [-0.15, -0.1) is 0 Å². The molecule has 0 heterocycles. The van der Waals surface area contributed by atoms with Crippen molar-refractivity contribution in [3.63, 3.8) is 0 Å². The molecule has 0 bridgehead atoms. The summed E-state index contributed by atoms with van der Waals surface area (Å²) in [4.78, 5) is 38.5. The van der Waals surface area contributed by atoms with Gasteiger partial charge < -0.3 is 14.2 Å². The molecule has 0 aromatic heterocycles. The second-order valence-corrected chi connectivity index (χ2v) is 25.2. The van der Waals surface area contributed by atoms with E-state index < -0.39 is 6.10 Å². The van der Waals surface area contributed by atoms with Gasteiger partial charge in [0.15, 0.2) is 6.10 Å². The van der Waals surface area contributed by atoms with E-state index in [1.165, 1.54) is 302 Å². The minimum atomic E-state index is -0.778. The van der Waals surface area contributed by atoms with Crippen molar-refractivity contribution in [2.75, 3.05) is 13.2 Å². The Morgan fingerprint density at radius 2 is 0.439 bits per heavy atom. The van der Waals surface area contributed by atoms with Crippen molar-refractivity contribution in [1.82, 2.24) is 0 Å². The largest absolute Gasteiger partial charge is 0.462 e. The van der Waals surface area contributed by atoms with Gasteiger partial charge in [-0.2, -0.15) is 0 Å². The average molecular weight is 1150 g/mol. The lowest BCUT2D eigenvalue weighted by molar-refractivity contribution is -0.167. The van der Waals surface area contributed by atoms with Crippen LogP contribution in [0.3, 0.4) is 0 Å². The summed E-state index contributed by atoms with van der Waals surface area (Å²) in [5.74, 6) is -0.854. The molecular weight excluding hydrogens is 1010 g/mol. The minimum absolute atomic E-state index is 0.0716. The van der Waals surface area contributed by atoms with Crippen LogP contribution in [0.15, 0.2) is 36.5 Å². The molecule has 0 N–H and O–H groups in total. The number of esters is 3. The van der Waals surface area contributed by atoms with Crippen LogP contribution in [0.25, 0.3) is 0 Å². The maximum Gasteiger partial charge on any atom is 0.306 e. The molecule has 1 atom stereocenters. The maximum absolute atomic E-state index is 13.0. The molecule has 0 fully saturated rings. The summed E-state index contributed by atoms with van der Waals surface area (Å²) in [5.41, 5.74) is 0. The van der Waals surface area contributed by atoms with Crippen molar-refractivity contribution in [2.24, 2.45) is 0 Å². The lowest BCUT2D eigenvalue weighted by atomic mass is 10.0. The van der Waals surface area contributed by atoms with Crippen molar-refractivity contribution in [1.29, 1.82) is 0 Å². The van der Waals surface area contributed by atoms with Crippen LogP contribution in [0.2, 0.25) is 0 Å². The van der Waals surface area contributed by atoms with E-state index in [-0.39, 0.29) is 31.1 Å². The van der Waals surface area contributed by atoms with Crippen molar-refractivity contribution >= 4 is 17.9 Å². The Hall–Kier alpha value is -2.37. The highest BCUT2D eigenvalue weighted by molar-refractivity contribution is 5.71. The van der Waals surface area contributed by atoms with Crippen LogP contribution in [0.1, 0.15) is 412 Å². The van der Waals surface area contributed by atoms with E-state index in [4.69, 9.17) is 14.2 Å². The zero-order chi connectivity index (χ0) is 59.2. The van der Waals surface area contributed by atoms with Crippen molar-refractivity contribution in [3.05, 3.63) is 36.5 Å². The Bertz CT molecular complexity index is 1370. The van der Waals surface area contributed by atoms with Gasteiger partial charge in [-0.05, 0) is 77.0 Å². The molecule has 1 unspecified atom stereocenters. The minimum Gasteiger partial charge on any atom is -0.462 e. The van der Waals surface area contributed by atoms with E-state index in [1.54, 1.807) is 0 Å². The average Bonchev–Trinajstić information content (AvgIpc) is 3.48. The highest BCUT2D eigenvalue weighted by Crippen LogP contribution is 2.19. The first-order valence-electron chi connectivity index (χ1n) is 37.0. The normalized spacial score (nSPS) is 12.2. The van der Waals surface area contributed by atoms with E-state index in [0.29, 0.717) is 19.3 Å². The maximum atomic E-state index is 13.0. The molecule has 0 aliphatic rings. The Morgan fingerprint density at radius 1 is 0.244 bits per heavy atom. The second-order valence-electron chi connectivity index (χ2n) is 25.2. The van der Waals surface area contributed by atoms with Crippen LogP contribution < -0.4 is 0 Å². The molecule has 0 amide bonds. The van der Waals surface area contributed by atoms with Crippen LogP contribution in [-0.4, -0.2) is 37.2 Å². The van der Waals surface area contributed by atoms with E-state index in [0.717, 1.165) is 70.6 Å². The van der Waals surface area contributed by atoms with Gasteiger partial charge in [0.25, 0.3) is 0 Å². The summed E-state index contributed by atoms with van der Waals surface area (Å²) in [6.07, 6.45) is 89.0. The van der Waals surface area contributed by atoms with E-state index >= 15 is 0 Å². The molecule has 0 spiro atoms. The summed E-state index contributed by atoms with van der Waals surface area (Å²) in [5, 5.41) is 0. The van der Waals surface area contributed by atoms with Gasteiger partial charge in [-0.25, -0.2) is 0 Å². The van der Waals surface area contributed by atoms with Gasteiger partial charge in [-0.3, -0.25) is 14.4 Å². The Balaban J connectivity index is 4.26. The van der Waals surface area contributed by atoms with Crippen LogP contribution in [-0.2, 0) is 28.6 Å². The van der Waals surface area contributed by atoms with E-state index in [2.05, 4.69) is 57.2 Å². The summed E-state index contributed by atoms with van der Waals surface area (Å²) in [7, 11) is 0. The number of carbonyl (C=O) groups is 3. The molecule has 82 heavy (non-hydrogen) atoms. The predicted octanol–water partition coefficient (Wildman–Crippen LogP) is 25.5. The quantitative estimate of drug-likeness (QED) is 0.0261. The standard InChI is InChI=1S/C76H142O6/c1-4-7-10-13-16-19-22-25-28-31-33-35-36-37-38-39-40-42-43-45-48-51-54-57-60-63-66-69-75(78)81-72-73(71-80-74(77)68-65-62-59-56-53-50-47-30-27-24-21-18-15-12-9-6-3)82-76(79)70-67-64-61-58-55-52-49-46-44-41-34-32-29-26-23-20-17-14-11-8-5-2/h23,26,30,32,34,47,73H,4-22,24-25,27-29,31,33,35-46,48-72H2,1-3H3/b26-23-,34-32-,47-30-. The smallest absolute Gasteiger partial charge is 0.306 e. The summed E-state index contributed by atoms with van der Waals surface area (Å²) in [6, 6.07) is 0. The third-order valence-electron chi connectivity index (χ3n) is 16.9. The van der Waals surface area contributed by atoms with Crippen molar-refractivity contribution < 1.29 is 28.6 Å². The fourth-order valence-electron chi connectivity index (χ4n) is 11.3. The van der Waals surface area contributed by atoms with Crippen LogP contribution in [0, 0.1) is 0 Å². The van der Waals surface area contributed by atoms with Crippen molar-refractivity contribution in [3.8, 4) is 0 Å². The SMILES string of the molecule is CCCCCCC/C=C\C/C=C\CCCCCCCCCCCC(=O)OC(COC(=O)CCCCCCC/C=C\CCCCCCCCC)COC(=O)CCCCCCCCCCCCCCCCCCCCCCCCCCCCC. The first kappa shape index (κ1) is 79.6.